The summed E-state index contributed by atoms with van der Waals surface area (Å²) in [7, 11) is 0. The van der Waals surface area contributed by atoms with E-state index >= 15 is 0 Å². The van der Waals surface area contributed by atoms with Gasteiger partial charge in [-0.1, -0.05) is 0 Å². The molecular formula is C12H24N2O2. The number of aliphatic hydroxyl groups is 1. The van der Waals surface area contributed by atoms with E-state index in [1.807, 2.05) is 6.92 Å². The maximum atomic E-state index is 11.7. The Bertz CT molecular complexity index is 209. The lowest BCUT2D eigenvalue weighted by atomic mass is 9.97. The Kier molecular flexibility index (Phi) is 6.42. The Morgan fingerprint density at radius 2 is 2.31 bits per heavy atom. The van der Waals surface area contributed by atoms with Gasteiger partial charge < -0.3 is 15.3 Å². The molecule has 1 aliphatic rings. The largest absolute Gasteiger partial charge is 0.396 e. The zero-order valence-electron chi connectivity index (χ0n) is 10.2. The van der Waals surface area contributed by atoms with Gasteiger partial charge in [0.1, 0.15) is 0 Å². The van der Waals surface area contributed by atoms with Crippen LogP contribution in [0.2, 0.25) is 0 Å². The number of hydrogen-bond acceptors (Lipinski definition) is 3. The van der Waals surface area contributed by atoms with E-state index in [2.05, 4.69) is 10.2 Å². The van der Waals surface area contributed by atoms with Crippen LogP contribution in [0, 0.1) is 5.92 Å². The molecule has 16 heavy (non-hydrogen) atoms. The fourth-order valence-electron chi connectivity index (χ4n) is 2.24. The lowest BCUT2D eigenvalue weighted by molar-refractivity contribution is -0.126. The highest BCUT2D eigenvalue weighted by Gasteiger charge is 2.24. The van der Waals surface area contributed by atoms with Crippen LogP contribution in [0.4, 0.5) is 0 Å². The lowest BCUT2D eigenvalue weighted by Crippen LogP contribution is -2.43. The second kappa shape index (κ2) is 7.63. The Morgan fingerprint density at radius 1 is 1.50 bits per heavy atom. The summed E-state index contributed by atoms with van der Waals surface area (Å²) < 4.78 is 0. The standard InChI is InChI=1S/C12H24N2O2/c1-2-13-12(16)11-6-5-8-14(10-11)7-3-4-9-15/h11,15H,2-10H2,1H3,(H,13,16). The Balaban J connectivity index is 2.26. The Labute approximate surface area is 98.0 Å². The number of piperidine rings is 1. The summed E-state index contributed by atoms with van der Waals surface area (Å²) >= 11 is 0. The van der Waals surface area contributed by atoms with E-state index in [4.69, 9.17) is 5.11 Å². The van der Waals surface area contributed by atoms with Gasteiger partial charge >= 0.3 is 0 Å². The summed E-state index contributed by atoms with van der Waals surface area (Å²) in [5.74, 6) is 0.372. The number of nitrogens with zero attached hydrogens (tertiary/aromatic N) is 1. The number of carbonyl (C=O) groups excluding carboxylic acids is 1. The van der Waals surface area contributed by atoms with Gasteiger partial charge in [0.2, 0.25) is 5.91 Å². The maximum Gasteiger partial charge on any atom is 0.224 e. The minimum Gasteiger partial charge on any atom is -0.396 e. The van der Waals surface area contributed by atoms with Gasteiger partial charge in [-0.3, -0.25) is 4.79 Å². The normalized spacial score (nSPS) is 22.0. The number of unbranched alkanes of at least 4 members (excludes halogenated alkanes) is 1. The van der Waals surface area contributed by atoms with E-state index in [9.17, 15) is 4.79 Å². The topological polar surface area (TPSA) is 52.6 Å². The third-order valence-electron chi connectivity index (χ3n) is 3.11. The van der Waals surface area contributed by atoms with Gasteiger partial charge in [0, 0.05) is 19.7 Å². The van der Waals surface area contributed by atoms with Crippen molar-refractivity contribution in [2.24, 2.45) is 5.92 Å². The molecule has 4 nitrogen and oxygen atoms in total. The molecule has 0 aromatic carbocycles. The molecule has 0 spiro atoms. The van der Waals surface area contributed by atoms with Crippen molar-refractivity contribution in [1.82, 2.24) is 10.2 Å². The van der Waals surface area contributed by atoms with Gasteiger partial charge in [0.25, 0.3) is 0 Å². The molecule has 1 aliphatic heterocycles. The number of aliphatic hydroxyl groups excluding tert-OH is 1. The van der Waals surface area contributed by atoms with Crippen LogP contribution >= 0.6 is 0 Å². The molecule has 0 radical (unpaired) electrons. The molecule has 1 heterocycles. The fourth-order valence-corrected chi connectivity index (χ4v) is 2.24. The van der Waals surface area contributed by atoms with Crippen molar-refractivity contribution < 1.29 is 9.90 Å². The summed E-state index contributed by atoms with van der Waals surface area (Å²) in [5, 5.41) is 11.6. The van der Waals surface area contributed by atoms with Crippen LogP contribution in [0.1, 0.15) is 32.6 Å². The zero-order chi connectivity index (χ0) is 11.8. The van der Waals surface area contributed by atoms with Crippen molar-refractivity contribution in [1.29, 1.82) is 0 Å². The zero-order valence-corrected chi connectivity index (χ0v) is 10.2. The molecule has 0 aromatic heterocycles. The molecule has 1 rings (SSSR count). The average molecular weight is 228 g/mol. The van der Waals surface area contributed by atoms with E-state index < -0.39 is 0 Å². The second-order valence-electron chi connectivity index (χ2n) is 4.47. The molecule has 1 fully saturated rings. The van der Waals surface area contributed by atoms with E-state index in [0.29, 0.717) is 0 Å². The van der Waals surface area contributed by atoms with E-state index in [-0.39, 0.29) is 18.4 Å². The number of carbonyl (C=O) groups is 1. The third kappa shape index (κ3) is 4.49. The molecule has 1 amide bonds. The third-order valence-corrected chi connectivity index (χ3v) is 3.11. The van der Waals surface area contributed by atoms with Crippen LogP contribution in [0.25, 0.3) is 0 Å². The summed E-state index contributed by atoms with van der Waals surface area (Å²) in [6.07, 6.45) is 4.02. The molecule has 94 valence electrons. The molecule has 1 saturated heterocycles. The van der Waals surface area contributed by atoms with Crippen LogP contribution in [0.3, 0.4) is 0 Å². The number of nitrogens with one attached hydrogen (secondary N) is 1. The summed E-state index contributed by atoms with van der Waals surface area (Å²) in [4.78, 5) is 14.0. The van der Waals surface area contributed by atoms with Crippen LogP contribution < -0.4 is 5.32 Å². The molecule has 1 unspecified atom stereocenters. The predicted molar refractivity (Wildman–Crippen MR) is 64.2 cm³/mol. The Hall–Kier alpha value is -0.610. The van der Waals surface area contributed by atoms with Gasteiger partial charge in [-0.05, 0) is 45.7 Å². The summed E-state index contributed by atoms with van der Waals surface area (Å²) in [5.41, 5.74) is 0. The highest BCUT2D eigenvalue weighted by molar-refractivity contribution is 5.78. The van der Waals surface area contributed by atoms with Gasteiger partial charge in [-0.25, -0.2) is 0 Å². The summed E-state index contributed by atoms with van der Waals surface area (Å²) in [6, 6.07) is 0. The van der Waals surface area contributed by atoms with Crippen LogP contribution in [-0.2, 0) is 4.79 Å². The molecule has 0 bridgehead atoms. The highest BCUT2D eigenvalue weighted by Crippen LogP contribution is 2.16. The minimum absolute atomic E-state index is 0.169. The fraction of sp³-hybridized carbons (Fsp3) is 0.917. The molecule has 2 N–H and O–H groups in total. The van der Waals surface area contributed by atoms with Crippen molar-refractivity contribution in [3.8, 4) is 0 Å². The molecule has 4 heteroatoms. The number of likely N-dealkylation sites (tertiary alicyclic amines) is 1. The molecule has 0 aliphatic carbocycles. The van der Waals surface area contributed by atoms with E-state index in [1.165, 1.54) is 0 Å². The van der Waals surface area contributed by atoms with Gasteiger partial charge in [0.05, 0.1) is 5.92 Å². The first-order valence-corrected chi connectivity index (χ1v) is 6.38. The van der Waals surface area contributed by atoms with Crippen molar-refractivity contribution >= 4 is 5.91 Å². The first kappa shape index (κ1) is 13.5. The van der Waals surface area contributed by atoms with Crippen molar-refractivity contribution in [3.05, 3.63) is 0 Å². The molecule has 0 aromatic rings. The molecule has 1 atom stereocenters. The van der Waals surface area contributed by atoms with E-state index in [1.54, 1.807) is 0 Å². The SMILES string of the molecule is CCNC(=O)C1CCCN(CCCCO)C1. The monoisotopic (exact) mass is 228 g/mol. The number of rotatable bonds is 6. The predicted octanol–water partition coefficient (Wildman–Crippen LogP) is 0.607. The van der Waals surface area contributed by atoms with Crippen molar-refractivity contribution in [2.45, 2.75) is 32.6 Å². The highest BCUT2D eigenvalue weighted by atomic mass is 16.2. The quantitative estimate of drug-likeness (QED) is 0.655. The van der Waals surface area contributed by atoms with Gasteiger partial charge in [-0.15, -0.1) is 0 Å². The van der Waals surface area contributed by atoms with E-state index in [0.717, 1.165) is 51.9 Å². The Morgan fingerprint density at radius 3 is 3.00 bits per heavy atom. The molecule has 0 saturated carbocycles. The number of hydrogen-bond donors (Lipinski definition) is 2. The summed E-state index contributed by atoms with van der Waals surface area (Å²) in [6.45, 7) is 5.95. The average Bonchev–Trinajstić information content (AvgIpc) is 2.30. The smallest absolute Gasteiger partial charge is 0.224 e. The molecular weight excluding hydrogens is 204 g/mol. The van der Waals surface area contributed by atoms with Gasteiger partial charge in [-0.2, -0.15) is 0 Å². The van der Waals surface area contributed by atoms with Crippen LogP contribution in [0.5, 0.6) is 0 Å². The van der Waals surface area contributed by atoms with Crippen LogP contribution in [0.15, 0.2) is 0 Å². The first-order valence-electron chi connectivity index (χ1n) is 6.38. The van der Waals surface area contributed by atoms with Crippen LogP contribution in [-0.4, -0.2) is 48.7 Å². The van der Waals surface area contributed by atoms with Crippen molar-refractivity contribution in [3.63, 3.8) is 0 Å². The maximum absolute atomic E-state index is 11.7. The lowest BCUT2D eigenvalue weighted by Gasteiger charge is -2.31. The minimum atomic E-state index is 0.169. The second-order valence-corrected chi connectivity index (χ2v) is 4.47. The number of amides is 1. The van der Waals surface area contributed by atoms with Crippen molar-refractivity contribution in [2.75, 3.05) is 32.8 Å². The first-order chi connectivity index (χ1) is 7.77. The van der Waals surface area contributed by atoms with Gasteiger partial charge in [0.15, 0.2) is 0 Å².